The molecule has 110 valence electrons. The number of hydrogen-bond acceptors (Lipinski definition) is 4. The highest BCUT2D eigenvalue weighted by Crippen LogP contribution is 2.15. The number of carbonyl (C=O) groups excluding carboxylic acids is 1. The fourth-order valence-corrected chi connectivity index (χ4v) is 2.96. The Balaban J connectivity index is 1.70. The van der Waals surface area contributed by atoms with Gasteiger partial charge in [-0.3, -0.25) is 4.79 Å². The van der Waals surface area contributed by atoms with Gasteiger partial charge in [-0.15, -0.1) is 0 Å². The molecule has 2 aliphatic heterocycles. The molecule has 0 aromatic rings. The van der Waals surface area contributed by atoms with Gasteiger partial charge in [0.1, 0.15) is 6.10 Å². The van der Waals surface area contributed by atoms with Crippen LogP contribution in [-0.2, 0) is 9.53 Å². The SMILES string of the molecule is CC1CCCN(CC(C)NC(=O)C2CNCCO2)C1. The maximum atomic E-state index is 12.0. The van der Waals surface area contributed by atoms with Gasteiger partial charge in [0.15, 0.2) is 0 Å². The number of carbonyl (C=O) groups is 1. The standard InChI is InChI=1S/C14H27N3O2/c1-11-4-3-6-17(9-11)10-12(2)16-14(18)13-8-15-5-7-19-13/h11-13,15H,3-10H2,1-2H3,(H,16,18). The maximum Gasteiger partial charge on any atom is 0.250 e. The molecule has 5 nitrogen and oxygen atoms in total. The van der Waals surface area contributed by atoms with E-state index in [9.17, 15) is 4.79 Å². The first-order valence-corrected chi connectivity index (χ1v) is 7.50. The van der Waals surface area contributed by atoms with E-state index in [1.807, 2.05) is 0 Å². The number of morpholine rings is 1. The molecule has 2 aliphatic rings. The van der Waals surface area contributed by atoms with Crippen molar-refractivity contribution in [2.24, 2.45) is 5.92 Å². The van der Waals surface area contributed by atoms with Gasteiger partial charge in [0.05, 0.1) is 6.61 Å². The number of piperidine rings is 1. The molecule has 3 unspecified atom stereocenters. The lowest BCUT2D eigenvalue weighted by atomic mass is 10.00. The molecule has 0 radical (unpaired) electrons. The fourth-order valence-electron chi connectivity index (χ4n) is 2.96. The highest BCUT2D eigenvalue weighted by atomic mass is 16.5. The van der Waals surface area contributed by atoms with Gasteiger partial charge in [-0.25, -0.2) is 0 Å². The minimum absolute atomic E-state index is 0.0183. The van der Waals surface area contributed by atoms with E-state index in [4.69, 9.17) is 4.74 Å². The lowest BCUT2D eigenvalue weighted by molar-refractivity contribution is -0.135. The van der Waals surface area contributed by atoms with E-state index in [0.717, 1.165) is 32.1 Å². The third kappa shape index (κ3) is 4.75. The Morgan fingerprint density at radius 3 is 3.11 bits per heavy atom. The van der Waals surface area contributed by atoms with Gasteiger partial charge in [-0.1, -0.05) is 6.92 Å². The molecule has 0 spiro atoms. The summed E-state index contributed by atoms with van der Waals surface area (Å²) in [6, 6.07) is 0.184. The quantitative estimate of drug-likeness (QED) is 0.766. The van der Waals surface area contributed by atoms with Gasteiger partial charge in [0.25, 0.3) is 5.91 Å². The van der Waals surface area contributed by atoms with Crippen molar-refractivity contribution in [3.63, 3.8) is 0 Å². The Labute approximate surface area is 116 Å². The first kappa shape index (κ1) is 14.8. The van der Waals surface area contributed by atoms with Crippen LogP contribution in [0.5, 0.6) is 0 Å². The average Bonchev–Trinajstić information content (AvgIpc) is 2.39. The Kier molecular flexibility index (Phi) is 5.60. The van der Waals surface area contributed by atoms with Gasteiger partial charge < -0.3 is 20.3 Å². The Bertz CT molecular complexity index is 292. The van der Waals surface area contributed by atoms with Crippen LogP contribution in [0.25, 0.3) is 0 Å². The van der Waals surface area contributed by atoms with Crippen molar-refractivity contribution in [2.75, 3.05) is 39.3 Å². The second-order valence-electron chi connectivity index (χ2n) is 5.98. The fraction of sp³-hybridized carbons (Fsp3) is 0.929. The van der Waals surface area contributed by atoms with Crippen molar-refractivity contribution in [2.45, 2.75) is 38.8 Å². The van der Waals surface area contributed by atoms with Crippen LogP contribution in [0, 0.1) is 5.92 Å². The number of ether oxygens (including phenoxy) is 1. The van der Waals surface area contributed by atoms with Crippen LogP contribution in [0.2, 0.25) is 0 Å². The summed E-state index contributed by atoms with van der Waals surface area (Å²) in [6.45, 7) is 9.72. The third-order valence-corrected chi connectivity index (χ3v) is 3.88. The number of amides is 1. The van der Waals surface area contributed by atoms with Crippen LogP contribution in [0.15, 0.2) is 0 Å². The zero-order valence-electron chi connectivity index (χ0n) is 12.2. The number of nitrogens with one attached hydrogen (secondary N) is 2. The normalized spacial score (nSPS) is 30.8. The summed E-state index contributed by atoms with van der Waals surface area (Å²) in [5.74, 6) is 0.798. The number of hydrogen-bond donors (Lipinski definition) is 2. The van der Waals surface area contributed by atoms with Gasteiger partial charge in [-0.05, 0) is 32.2 Å². The molecule has 2 saturated heterocycles. The number of likely N-dealkylation sites (tertiary alicyclic amines) is 1. The van der Waals surface area contributed by atoms with Crippen LogP contribution in [0.1, 0.15) is 26.7 Å². The van der Waals surface area contributed by atoms with Crippen molar-refractivity contribution < 1.29 is 9.53 Å². The van der Waals surface area contributed by atoms with Gasteiger partial charge in [0, 0.05) is 32.2 Å². The van der Waals surface area contributed by atoms with Crippen LogP contribution < -0.4 is 10.6 Å². The molecule has 3 atom stereocenters. The third-order valence-electron chi connectivity index (χ3n) is 3.88. The van der Waals surface area contributed by atoms with E-state index in [1.165, 1.54) is 12.8 Å². The van der Waals surface area contributed by atoms with E-state index in [1.54, 1.807) is 0 Å². The summed E-state index contributed by atoms with van der Waals surface area (Å²) in [4.78, 5) is 14.5. The van der Waals surface area contributed by atoms with Crippen molar-refractivity contribution in [3.8, 4) is 0 Å². The Hall–Kier alpha value is -0.650. The van der Waals surface area contributed by atoms with Crippen LogP contribution >= 0.6 is 0 Å². The van der Waals surface area contributed by atoms with Crippen molar-refractivity contribution in [3.05, 3.63) is 0 Å². The van der Waals surface area contributed by atoms with Crippen LogP contribution in [0.4, 0.5) is 0 Å². The molecule has 2 N–H and O–H groups in total. The molecule has 2 rings (SSSR count). The van der Waals surface area contributed by atoms with Crippen molar-refractivity contribution >= 4 is 5.91 Å². The predicted octanol–water partition coefficient (Wildman–Crippen LogP) is 0.211. The molecule has 19 heavy (non-hydrogen) atoms. The zero-order chi connectivity index (χ0) is 13.7. The van der Waals surface area contributed by atoms with Gasteiger partial charge in [0.2, 0.25) is 0 Å². The van der Waals surface area contributed by atoms with E-state index < -0.39 is 0 Å². The number of nitrogens with zero attached hydrogens (tertiary/aromatic N) is 1. The molecular weight excluding hydrogens is 242 g/mol. The lowest BCUT2D eigenvalue weighted by Gasteiger charge is -2.33. The highest BCUT2D eigenvalue weighted by molar-refractivity contribution is 5.81. The molecule has 5 heteroatoms. The second-order valence-corrected chi connectivity index (χ2v) is 5.98. The molecule has 0 saturated carbocycles. The van der Waals surface area contributed by atoms with E-state index >= 15 is 0 Å². The molecule has 1 amide bonds. The predicted molar refractivity (Wildman–Crippen MR) is 75.1 cm³/mol. The van der Waals surface area contributed by atoms with E-state index in [0.29, 0.717) is 13.2 Å². The van der Waals surface area contributed by atoms with Crippen molar-refractivity contribution in [1.29, 1.82) is 0 Å². The number of rotatable bonds is 4. The Morgan fingerprint density at radius 2 is 2.42 bits per heavy atom. The summed E-state index contributed by atoms with van der Waals surface area (Å²) in [5.41, 5.74) is 0. The summed E-state index contributed by atoms with van der Waals surface area (Å²) in [7, 11) is 0. The summed E-state index contributed by atoms with van der Waals surface area (Å²) < 4.78 is 5.46. The monoisotopic (exact) mass is 269 g/mol. The molecule has 0 aromatic carbocycles. The lowest BCUT2D eigenvalue weighted by Crippen LogP contribution is -2.52. The molecule has 0 aromatic heterocycles. The van der Waals surface area contributed by atoms with Gasteiger partial charge >= 0.3 is 0 Å². The summed E-state index contributed by atoms with van der Waals surface area (Å²) in [6.07, 6.45) is 2.28. The Morgan fingerprint density at radius 1 is 1.58 bits per heavy atom. The average molecular weight is 269 g/mol. The summed E-state index contributed by atoms with van der Waals surface area (Å²) in [5, 5.41) is 6.25. The molecular formula is C14H27N3O2. The van der Waals surface area contributed by atoms with Crippen LogP contribution in [-0.4, -0.2) is 62.3 Å². The molecule has 0 aliphatic carbocycles. The van der Waals surface area contributed by atoms with Crippen LogP contribution in [0.3, 0.4) is 0 Å². The van der Waals surface area contributed by atoms with Crippen molar-refractivity contribution in [1.82, 2.24) is 15.5 Å². The minimum atomic E-state index is -0.323. The second kappa shape index (κ2) is 7.22. The summed E-state index contributed by atoms with van der Waals surface area (Å²) >= 11 is 0. The maximum absolute atomic E-state index is 12.0. The van der Waals surface area contributed by atoms with E-state index in [-0.39, 0.29) is 18.1 Å². The minimum Gasteiger partial charge on any atom is -0.366 e. The zero-order valence-corrected chi connectivity index (χ0v) is 12.2. The molecule has 2 heterocycles. The smallest absolute Gasteiger partial charge is 0.250 e. The molecule has 0 bridgehead atoms. The molecule has 2 fully saturated rings. The first-order valence-electron chi connectivity index (χ1n) is 7.50. The van der Waals surface area contributed by atoms with Gasteiger partial charge in [-0.2, -0.15) is 0 Å². The highest BCUT2D eigenvalue weighted by Gasteiger charge is 2.24. The largest absolute Gasteiger partial charge is 0.366 e. The topological polar surface area (TPSA) is 53.6 Å². The first-order chi connectivity index (χ1) is 9.15. The van der Waals surface area contributed by atoms with E-state index in [2.05, 4.69) is 29.4 Å².